The van der Waals surface area contributed by atoms with Crippen molar-refractivity contribution in [2.24, 2.45) is 0 Å². The van der Waals surface area contributed by atoms with Gasteiger partial charge in [-0.15, -0.1) is 0 Å². The molecule has 3 heteroatoms. The largest absolute Gasteiger partial charge is 0.326 e. The number of aromatic nitrogens is 2. The zero-order valence-electron chi connectivity index (χ0n) is 8.27. The van der Waals surface area contributed by atoms with Crippen molar-refractivity contribution in [3.8, 4) is 0 Å². The monoisotopic (exact) mass is 187 g/mol. The third-order valence-corrected chi connectivity index (χ3v) is 2.85. The van der Waals surface area contributed by atoms with Crippen LogP contribution < -0.4 is 0 Å². The van der Waals surface area contributed by atoms with Crippen molar-refractivity contribution in [1.82, 2.24) is 14.5 Å². The minimum atomic E-state index is 0.967. The molecule has 0 amide bonds. The molecule has 3 nitrogen and oxygen atoms in total. The van der Waals surface area contributed by atoms with Crippen molar-refractivity contribution in [3.05, 3.63) is 30.1 Å². The van der Waals surface area contributed by atoms with Crippen LogP contribution in [0, 0.1) is 0 Å². The Bertz CT molecular complexity index is 472. The van der Waals surface area contributed by atoms with Gasteiger partial charge in [-0.05, 0) is 19.2 Å². The van der Waals surface area contributed by atoms with Gasteiger partial charge >= 0.3 is 0 Å². The molecular formula is C11H13N3. The number of benzene rings is 1. The molecule has 0 bridgehead atoms. The molecule has 0 saturated heterocycles. The van der Waals surface area contributed by atoms with E-state index in [-0.39, 0.29) is 0 Å². The molecule has 3 rings (SSSR count). The number of nitrogens with zero attached hydrogens (tertiary/aromatic N) is 3. The number of fused-ring (bicyclic) bond motifs is 3. The number of para-hydroxylation sites is 2. The summed E-state index contributed by atoms with van der Waals surface area (Å²) in [5.41, 5.74) is 2.40. The molecule has 0 spiro atoms. The van der Waals surface area contributed by atoms with E-state index in [0.717, 1.165) is 25.2 Å². The van der Waals surface area contributed by atoms with Crippen molar-refractivity contribution >= 4 is 11.0 Å². The summed E-state index contributed by atoms with van der Waals surface area (Å²) in [6.45, 7) is 3.15. The van der Waals surface area contributed by atoms with Crippen LogP contribution >= 0.6 is 0 Å². The maximum atomic E-state index is 4.62. The van der Waals surface area contributed by atoms with E-state index in [0.29, 0.717) is 0 Å². The van der Waals surface area contributed by atoms with Gasteiger partial charge in [-0.3, -0.25) is 4.90 Å². The van der Waals surface area contributed by atoms with Crippen molar-refractivity contribution in [1.29, 1.82) is 0 Å². The Morgan fingerprint density at radius 2 is 2.07 bits per heavy atom. The van der Waals surface area contributed by atoms with Gasteiger partial charge in [0.2, 0.25) is 0 Å². The first-order valence-corrected chi connectivity index (χ1v) is 4.97. The predicted octanol–water partition coefficient (Wildman–Crippen LogP) is 1.48. The molecule has 0 radical (unpaired) electrons. The molecule has 0 fully saturated rings. The molecule has 1 aromatic carbocycles. The van der Waals surface area contributed by atoms with Gasteiger partial charge in [-0.25, -0.2) is 4.98 Å². The van der Waals surface area contributed by atoms with E-state index in [1.54, 1.807) is 0 Å². The Morgan fingerprint density at radius 3 is 3.00 bits per heavy atom. The summed E-state index contributed by atoms with van der Waals surface area (Å²) >= 11 is 0. The Labute approximate surface area is 83.0 Å². The first kappa shape index (κ1) is 8.00. The fourth-order valence-corrected chi connectivity index (χ4v) is 2.09. The summed E-state index contributed by atoms with van der Waals surface area (Å²) in [6, 6.07) is 8.36. The van der Waals surface area contributed by atoms with Crippen LogP contribution in [0.25, 0.3) is 11.0 Å². The summed E-state index contributed by atoms with van der Waals surface area (Å²) in [5, 5.41) is 0. The Kier molecular flexibility index (Phi) is 1.61. The second kappa shape index (κ2) is 2.82. The fourth-order valence-electron chi connectivity index (χ4n) is 2.09. The zero-order valence-corrected chi connectivity index (χ0v) is 8.27. The van der Waals surface area contributed by atoms with Gasteiger partial charge in [-0.1, -0.05) is 12.1 Å². The number of hydrogen-bond donors (Lipinski definition) is 0. The van der Waals surface area contributed by atoms with Crippen molar-refractivity contribution in [2.45, 2.75) is 13.1 Å². The van der Waals surface area contributed by atoms with Gasteiger partial charge in [0, 0.05) is 13.1 Å². The van der Waals surface area contributed by atoms with Gasteiger partial charge in [0.25, 0.3) is 0 Å². The van der Waals surface area contributed by atoms with E-state index in [2.05, 4.69) is 39.7 Å². The molecule has 0 saturated carbocycles. The molecule has 2 heterocycles. The summed E-state index contributed by atoms with van der Waals surface area (Å²) in [4.78, 5) is 6.93. The summed E-state index contributed by atoms with van der Waals surface area (Å²) in [6.07, 6.45) is 0. The summed E-state index contributed by atoms with van der Waals surface area (Å²) < 4.78 is 2.33. The highest BCUT2D eigenvalue weighted by Gasteiger charge is 2.16. The van der Waals surface area contributed by atoms with E-state index >= 15 is 0 Å². The molecule has 72 valence electrons. The van der Waals surface area contributed by atoms with E-state index in [4.69, 9.17) is 0 Å². The number of rotatable bonds is 0. The van der Waals surface area contributed by atoms with Crippen LogP contribution in [0.3, 0.4) is 0 Å². The van der Waals surface area contributed by atoms with Crippen LogP contribution in [-0.2, 0) is 13.1 Å². The Morgan fingerprint density at radius 1 is 1.21 bits per heavy atom. The highest BCUT2D eigenvalue weighted by Crippen LogP contribution is 2.19. The first-order chi connectivity index (χ1) is 6.84. The van der Waals surface area contributed by atoms with E-state index in [1.165, 1.54) is 11.3 Å². The standard InChI is InChI=1S/C11H13N3/c1-13-6-7-14-10-5-3-2-4-9(10)12-11(14)8-13/h2-5H,6-8H2,1H3. The van der Waals surface area contributed by atoms with E-state index in [9.17, 15) is 0 Å². The van der Waals surface area contributed by atoms with Crippen LogP contribution in [0.5, 0.6) is 0 Å². The van der Waals surface area contributed by atoms with Crippen molar-refractivity contribution in [3.63, 3.8) is 0 Å². The lowest BCUT2D eigenvalue weighted by atomic mass is 10.3. The van der Waals surface area contributed by atoms with Gasteiger partial charge in [-0.2, -0.15) is 0 Å². The maximum Gasteiger partial charge on any atom is 0.124 e. The first-order valence-electron chi connectivity index (χ1n) is 4.97. The lowest BCUT2D eigenvalue weighted by molar-refractivity contribution is 0.267. The second-order valence-corrected chi connectivity index (χ2v) is 3.91. The third kappa shape index (κ3) is 1.06. The Balaban J connectivity index is 2.24. The molecule has 1 aliphatic rings. The average molecular weight is 187 g/mol. The minimum absolute atomic E-state index is 0.967. The average Bonchev–Trinajstić information content (AvgIpc) is 2.54. The van der Waals surface area contributed by atoms with Gasteiger partial charge in [0.1, 0.15) is 5.82 Å². The quantitative estimate of drug-likeness (QED) is 0.623. The van der Waals surface area contributed by atoms with Crippen LogP contribution in [0.2, 0.25) is 0 Å². The van der Waals surface area contributed by atoms with Crippen LogP contribution in [0.1, 0.15) is 5.82 Å². The Hall–Kier alpha value is -1.35. The van der Waals surface area contributed by atoms with Crippen molar-refractivity contribution in [2.75, 3.05) is 13.6 Å². The van der Waals surface area contributed by atoms with Crippen LogP contribution in [0.15, 0.2) is 24.3 Å². The highest BCUT2D eigenvalue weighted by molar-refractivity contribution is 5.75. The topological polar surface area (TPSA) is 21.1 Å². The van der Waals surface area contributed by atoms with Gasteiger partial charge in [0.15, 0.2) is 0 Å². The maximum absolute atomic E-state index is 4.62. The molecule has 0 N–H and O–H groups in total. The van der Waals surface area contributed by atoms with E-state index in [1.807, 2.05) is 6.07 Å². The number of hydrogen-bond acceptors (Lipinski definition) is 2. The molecule has 1 aliphatic heterocycles. The molecule has 0 aliphatic carbocycles. The number of imidazole rings is 1. The minimum Gasteiger partial charge on any atom is -0.326 e. The van der Waals surface area contributed by atoms with Crippen LogP contribution in [-0.4, -0.2) is 28.0 Å². The molecule has 2 aromatic rings. The normalized spacial score (nSPS) is 17.2. The molecule has 0 unspecified atom stereocenters. The van der Waals surface area contributed by atoms with Crippen LogP contribution in [0.4, 0.5) is 0 Å². The van der Waals surface area contributed by atoms with Gasteiger partial charge in [0.05, 0.1) is 17.6 Å². The van der Waals surface area contributed by atoms with Crippen molar-refractivity contribution < 1.29 is 0 Å². The number of likely N-dealkylation sites (N-methyl/N-ethyl adjacent to an activating group) is 1. The molecular weight excluding hydrogens is 174 g/mol. The highest BCUT2D eigenvalue weighted by atomic mass is 15.2. The predicted molar refractivity (Wildman–Crippen MR) is 56.1 cm³/mol. The second-order valence-electron chi connectivity index (χ2n) is 3.91. The lowest BCUT2D eigenvalue weighted by Crippen LogP contribution is -2.30. The third-order valence-electron chi connectivity index (χ3n) is 2.85. The summed E-state index contributed by atoms with van der Waals surface area (Å²) in [7, 11) is 2.14. The fraction of sp³-hybridized carbons (Fsp3) is 0.364. The van der Waals surface area contributed by atoms with Gasteiger partial charge < -0.3 is 4.57 Å². The summed E-state index contributed by atoms with van der Waals surface area (Å²) in [5.74, 6) is 1.19. The van der Waals surface area contributed by atoms with E-state index < -0.39 is 0 Å². The smallest absolute Gasteiger partial charge is 0.124 e. The molecule has 1 aromatic heterocycles. The SMILES string of the molecule is CN1CCn2c(nc3ccccc32)C1. The molecule has 14 heavy (non-hydrogen) atoms. The lowest BCUT2D eigenvalue weighted by Gasteiger charge is -2.23. The molecule has 0 atom stereocenters. The zero-order chi connectivity index (χ0) is 9.54.